The molecule has 1 aliphatic heterocycles. The lowest BCUT2D eigenvalue weighted by Crippen LogP contribution is -2.46. The monoisotopic (exact) mass is 431 g/mol. The highest BCUT2D eigenvalue weighted by Crippen LogP contribution is 2.19. The molecule has 2 aromatic heterocycles. The summed E-state index contributed by atoms with van der Waals surface area (Å²) in [6.45, 7) is 12.8. The van der Waals surface area contributed by atoms with Gasteiger partial charge in [-0.05, 0) is 71.5 Å². The summed E-state index contributed by atoms with van der Waals surface area (Å²) >= 11 is 1.74. The Morgan fingerprint density at radius 3 is 2.60 bits per heavy atom. The van der Waals surface area contributed by atoms with Crippen molar-refractivity contribution in [2.45, 2.75) is 59.5 Å². The lowest BCUT2D eigenvalue weighted by Gasteiger charge is -2.32. The maximum Gasteiger partial charge on any atom is 0.191 e. The highest BCUT2D eigenvalue weighted by molar-refractivity contribution is 7.09. The quantitative estimate of drug-likeness (QED) is 0.521. The zero-order chi connectivity index (χ0) is 21.7. The first kappa shape index (κ1) is 22.7. The maximum atomic E-state index is 4.60. The zero-order valence-electron chi connectivity index (χ0n) is 19.3. The van der Waals surface area contributed by atoms with E-state index in [-0.39, 0.29) is 0 Å². The smallest absolute Gasteiger partial charge is 0.191 e. The molecule has 3 rings (SSSR count). The summed E-state index contributed by atoms with van der Waals surface area (Å²) in [6, 6.07) is 0.293. The number of thiazole rings is 1. The van der Waals surface area contributed by atoms with Crippen molar-refractivity contribution in [3.8, 4) is 0 Å². The van der Waals surface area contributed by atoms with Gasteiger partial charge in [0.15, 0.2) is 5.96 Å². The number of piperidine rings is 1. The van der Waals surface area contributed by atoms with E-state index in [0.717, 1.165) is 49.3 Å². The van der Waals surface area contributed by atoms with Gasteiger partial charge in [-0.2, -0.15) is 5.10 Å². The highest BCUT2D eigenvalue weighted by atomic mass is 32.1. The summed E-state index contributed by atoms with van der Waals surface area (Å²) in [5.41, 5.74) is 4.90. The minimum atomic E-state index is 0.293. The average Bonchev–Trinajstić information content (AvgIpc) is 3.23. The van der Waals surface area contributed by atoms with E-state index >= 15 is 0 Å². The predicted octanol–water partition coefficient (Wildman–Crippen LogP) is 2.81. The van der Waals surface area contributed by atoms with Gasteiger partial charge in [0.2, 0.25) is 0 Å². The molecule has 1 aliphatic rings. The molecule has 30 heavy (non-hydrogen) atoms. The number of likely N-dealkylation sites (tertiary alicyclic amines) is 1. The number of aromatic nitrogens is 3. The van der Waals surface area contributed by atoms with Gasteiger partial charge in [-0.15, -0.1) is 11.3 Å². The molecule has 8 heteroatoms. The van der Waals surface area contributed by atoms with Crippen LogP contribution in [0.5, 0.6) is 0 Å². The Labute approximate surface area is 185 Å². The molecule has 166 valence electrons. The van der Waals surface area contributed by atoms with E-state index in [2.05, 4.69) is 63.7 Å². The van der Waals surface area contributed by atoms with Gasteiger partial charge in [-0.3, -0.25) is 14.6 Å². The van der Waals surface area contributed by atoms with Crippen molar-refractivity contribution in [1.82, 2.24) is 30.3 Å². The van der Waals surface area contributed by atoms with Crippen molar-refractivity contribution in [3.05, 3.63) is 33.0 Å². The van der Waals surface area contributed by atoms with Crippen LogP contribution in [0.4, 0.5) is 0 Å². The normalized spacial score (nSPS) is 17.3. The van der Waals surface area contributed by atoms with Gasteiger partial charge in [0, 0.05) is 44.3 Å². The van der Waals surface area contributed by atoms with E-state index in [1.807, 2.05) is 18.8 Å². The Morgan fingerprint density at radius 2 is 2.03 bits per heavy atom. The first-order valence-electron chi connectivity index (χ1n) is 10.9. The topological polar surface area (TPSA) is 70.4 Å². The first-order chi connectivity index (χ1) is 14.4. The molecule has 0 saturated carbocycles. The molecule has 0 radical (unpaired) electrons. The predicted molar refractivity (Wildman–Crippen MR) is 125 cm³/mol. The molecule has 0 aromatic carbocycles. The van der Waals surface area contributed by atoms with Gasteiger partial charge in [0.25, 0.3) is 0 Å². The van der Waals surface area contributed by atoms with Gasteiger partial charge in [-0.1, -0.05) is 0 Å². The SMILES string of the molecule is CN=C(NCC1CCN(Cc2csc(C)n2)CC1)NC(C)Cc1c(C)nn(C)c1C. The van der Waals surface area contributed by atoms with E-state index in [1.165, 1.54) is 29.8 Å². The van der Waals surface area contributed by atoms with Crippen LogP contribution < -0.4 is 10.6 Å². The number of hydrogen-bond acceptors (Lipinski definition) is 5. The third-order valence-corrected chi connectivity index (χ3v) is 6.92. The van der Waals surface area contributed by atoms with E-state index < -0.39 is 0 Å². The molecule has 1 unspecified atom stereocenters. The molecule has 1 atom stereocenters. The molecule has 1 saturated heterocycles. The van der Waals surface area contributed by atoms with Crippen LogP contribution in [0.2, 0.25) is 0 Å². The largest absolute Gasteiger partial charge is 0.356 e. The van der Waals surface area contributed by atoms with Crippen molar-refractivity contribution in [2.24, 2.45) is 18.0 Å². The molecule has 3 heterocycles. The molecule has 7 nitrogen and oxygen atoms in total. The first-order valence-corrected chi connectivity index (χ1v) is 11.8. The van der Waals surface area contributed by atoms with Crippen molar-refractivity contribution in [3.63, 3.8) is 0 Å². The fourth-order valence-electron chi connectivity index (χ4n) is 4.20. The number of hydrogen-bond donors (Lipinski definition) is 2. The lowest BCUT2D eigenvalue weighted by molar-refractivity contribution is 0.176. The Kier molecular flexibility index (Phi) is 7.88. The number of rotatable bonds is 7. The second kappa shape index (κ2) is 10.4. The van der Waals surface area contributed by atoms with Gasteiger partial charge >= 0.3 is 0 Å². The minimum Gasteiger partial charge on any atom is -0.356 e. The summed E-state index contributed by atoms with van der Waals surface area (Å²) < 4.78 is 1.96. The molecule has 0 spiro atoms. The summed E-state index contributed by atoms with van der Waals surface area (Å²) in [5.74, 6) is 1.58. The van der Waals surface area contributed by atoms with Crippen LogP contribution in [-0.2, 0) is 20.0 Å². The van der Waals surface area contributed by atoms with Crippen molar-refractivity contribution >= 4 is 17.3 Å². The van der Waals surface area contributed by atoms with Crippen LogP contribution in [0.3, 0.4) is 0 Å². The molecule has 1 fully saturated rings. The fraction of sp³-hybridized carbons (Fsp3) is 0.682. The number of aliphatic imine (C=N–C) groups is 1. The molecule has 0 amide bonds. The average molecular weight is 432 g/mol. The van der Waals surface area contributed by atoms with Crippen molar-refractivity contribution in [1.29, 1.82) is 0 Å². The van der Waals surface area contributed by atoms with Crippen LogP contribution in [0.25, 0.3) is 0 Å². The van der Waals surface area contributed by atoms with E-state index in [4.69, 9.17) is 0 Å². The van der Waals surface area contributed by atoms with Crippen LogP contribution in [-0.4, -0.2) is 58.3 Å². The summed E-state index contributed by atoms with van der Waals surface area (Å²) in [4.78, 5) is 11.6. The Bertz CT molecular complexity index is 846. The van der Waals surface area contributed by atoms with E-state index in [9.17, 15) is 0 Å². The summed E-state index contributed by atoms with van der Waals surface area (Å²) in [7, 11) is 3.86. The maximum absolute atomic E-state index is 4.60. The van der Waals surface area contributed by atoms with Gasteiger partial charge in [-0.25, -0.2) is 4.98 Å². The fourth-order valence-corrected chi connectivity index (χ4v) is 4.80. The second-order valence-corrected chi connectivity index (χ2v) is 9.62. The molecule has 2 aromatic rings. The number of nitrogens with one attached hydrogen (secondary N) is 2. The van der Waals surface area contributed by atoms with Crippen molar-refractivity contribution in [2.75, 3.05) is 26.7 Å². The van der Waals surface area contributed by atoms with Crippen molar-refractivity contribution < 1.29 is 0 Å². The standard InChI is InChI=1S/C22H37N7S/c1-15(11-21-16(2)27-28(6)17(21)3)25-22(23-5)24-12-19-7-9-29(10-8-19)13-20-14-30-18(4)26-20/h14-15,19H,7-13H2,1-6H3,(H2,23,24,25). The number of nitrogens with zero attached hydrogens (tertiary/aromatic N) is 5. The lowest BCUT2D eigenvalue weighted by atomic mass is 9.97. The Morgan fingerprint density at radius 1 is 1.30 bits per heavy atom. The van der Waals surface area contributed by atoms with Crippen LogP contribution in [0, 0.1) is 26.7 Å². The Balaban J connectivity index is 1.40. The molecule has 0 aliphatic carbocycles. The van der Waals surface area contributed by atoms with Crippen LogP contribution >= 0.6 is 11.3 Å². The third kappa shape index (κ3) is 6.04. The highest BCUT2D eigenvalue weighted by Gasteiger charge is 2.20. The van der Waals surface area contributed by atoms with Gasteiger partial charge in [0.05, 0.1) is 16.4 Å². The Hall–Kier alpha value is -1.93. The molecular weight excluding hydrogens is 394 g/mol. The van der Waals surface area contributed by atoms with Crippen LogP contribution in [0.15, 0.2) is 10.4 Å². The molecule has 2 N–H and O–H groups in total. The van der Waals surface area contributed by atoms with E-state index in [1.54, 1.807) is 11.3 Å². The van der Waals surface area contributed by atoms with E-state index in [0.29, 0.717) is 12.0 Å². The second-order valence-electron chi connectivity index (χ2n) is 8.55. The van der Waals surface area contributed by atoms with Gasteiger partial charge in [0.1, 0.15) is 0 Å². The number of guanidine groups is 1. The third-order valence-electron chi connectivity index (χ3n) is 6.09. The molecular formula is C22H37N7S. The van der Waals surface area contributed by atoms with Crippen LogP contribution in [0.1, 0.15) is 47.4 Å². The minimum absolute atomic E-state index is 0.293. The number of aryl methyl sites for hydroxylation is 3. The zero-order valence-corrected chi connectivity index (χ0v) is 20.1. The van der Waals surface area contributed by atoms with Gasteiger partial charge < -0.3 is 10.6 Å². The summed E-state index contributed by atoms with van der Waals surface area (Å²) in [5, 5.41) is 15.0. The summed E-state index contributed by atoms with van der Waals surface area (Å²) in [6.07, 6.45) is 3.38. The molecule has 0 bridgehead atoms.